The van der Waals surface area contributed by atoms with E-state index >= 15 is 0 Å². The molecule has 0 aliphatic rings. The second kappa shape index (κ2) is 8.25. The maximum Gasteiger partial charge on any atom is 0.238 e. The highest BCUT2D eigenvalue weighted by molar-refractivity contribution is 6.64. The van der Waals surface area contributed by atoms with E-state index in [9.17, 15) is 4.79 Å². The van der Waals surface area contributed by atoms with E-state index in [0.717, 1.165) is 38.8 Å². The van der Waals surface area contributed by atoms with Gasteiger partial charge in [-0.05, 0) is 44.5 Å². The van der Waals surface area contributed by atoms with Crippen LogP contribution in [0.15, 0.2) is 0 Å². The molecule has 0 aromatic rings. The molecule has 0 spiro atoms. The largest absolute Gasteiger partial charge is 0.293 e. The highest BCUT2D eigenvalue weighted by Gasteiger charge is 2.17. The average Bonchev–Trinajstić information content (AvgIpc) is 2.17. The number of unbranched alkanes of at least 4 members (excludes halogenated alkanes) is 2. The summed E-state index contributed by atoms with van der Waals surface area (Å²) in [5.41, 5.74) is 0. The molecule has 1 atom stereocenters. The van der Waals surface area contributed by atoms with Crippen LogP contribution in [0, 0.1) is 0 Å². The van der Waals surface area contributed by atoms with Crippen molar-refractivity contribution in [2.24, 2.45) is 0 Å². The predicted molar refractivity (Wildman–Crippen MR) is 61.7 cm³/mol. The van der Waals surface area contributed by atoms with E-state index in [1.165, 1.54) is 0 Å². The Bertz CT molecular complexity index is 153. The van der Waals surface area contributed by atoms with Gasteiger partial charge in [-0.2, -0.15) is 0 Å². The van der Waals surface area contributed by atoms with E-state index in [1.54, 1.807) is 0 Å². The van der Waals surface area contributed by atoms with Crippen LogP contribution in [0.2, 0.25) is 0 Å². The highest BCUT2D eigenvalue weighted by Crippen LogP contribution is 2.07. The van der Waals surface area contributed by atoms with E-state index < -0.39 is 0 Å². The normalized spacial score (nSPS) is 13.2. The Kier molecular flexibility index (Phi) is 8.20. The van der Waals surface area contributed by atoms with Gasteiger partial charge in [0.1, 0.15) is 0 Å². The molecule has 0 saturated carbocycles. The van der Waals surface area contributed by atoms with Crippen molar-refractivity contribution < 1.29 is 4.79 Å². The van der Waals surface area contributed by atoms with E-state index in [-0.39, 0.29) is 11.3 Å². The van der Waals surface area contributed by atoms with Crippen molar-refractivity contribution in [2.45, 2.75) is 52.5 Å². The summed E-state index contributed by atoms with van der Waals surface area (Å²) >= 11 is 5.50. The number of carbonyl (C=O) groups is 1. The Hall–Kier alpha value is -0.0800. The number of hydrogen-bond acceptors (Lipinski definition) is 2. The predicted octanol–water partition coefficient (Wildman–Crippen LogP) is 3.04. The van der Waals surface area contributed by atoms with Gasteiger partial charge in [0.05, 0.1) is 6.04 Å². The van der Waals surface area contributed by atoms with Gasteiger partial charge < -0.3 is 0 Å². The molecule has 2 nitrogen and oxygen atoms in total. The molecule has 0 heterocycles. The summed E-state index contributed by atoms with van der Waals surface area (Å²) in [5.74, 6) is 0. The molecule has 0 aromatic heterocycles. The van der Waals surface area contributed by atoms with E-state index in [0.29, 0.717) is 0 Å². The molecule has 0 aliphatic carbocycles. The van der Waals surface area contributed by atoms with Crippen molar-refractivity contribution in [1.82, 2.24) is 4.90 Å². The molecule has 0 fully saturated rings. The Morgan fingerprint density at radius 3 is 1.93 bits per heavy atom. The summed E-state index contributed by atoms with van der Waals surface area (Å²) in [6, 6.07) is -0.130. The van der Waals surface area contributed by atoms with Crippen LogP contribution in [0.5, 0.6) is 0 Å². The second-order valence-electron chi connectivity index (χ2n) is 3.72. The number of rotatable bonds is 8. The fourth-order valence-electron chi connectivity index (χ4n) is 1.37. The highest BCUT2D eigenvalue weighted by atomic mass is 35.5. The minimum absolute atomic E-state index is 0.130. The molecular weight excluding hydrogens is 198 g/mol. The van der Waals surface area contributed by atoms with Crippen molar-refractivity contribution >= 4 is 16.8 Å². The Labute approximate surface area is 92.6 Å². The molecule has 0 N–H and O–H groups in total. The molecule has 0 aromatic carbocycles. The van der Waals surface area contributed by atoms with Crippen molar-refractivity contribution in [3.05, 3.63) is 0 Å². The summed E-state index contributed by atoms with van der Waals surface area (Å²) in [5, 5.41) is -0.239. The standard InChI is InChI=1S/C11H22ClNO/c1-4-6-8-13(9-7-5-2)10(3)11(12)14/h10H,4-9H2,1-3H3. The molecular formula is C11H22ClNO. The summed E-state index contributed by atoms with van der Waals surface area (Å²) in [6.45, 7) is 8.17. The summed E-state index contributed by atoms with van der Waals surface area (Å²) in [7, 11) is 0. The van der Waals surface area contributed by atoms with E-state index in [1.807, 2.05) is 6.92 Å². The van der Waals surface area contributed by atoms with Crippen LogP contribution in [0.4, 0.5) is 0 Å². The first kappa shape index (κ1) is 13.9. The van der Waals surface area contributed by atoms with Gasteiger partial charge in [-0.3, -0.25) is 9.69 Å². The second-order valence-corrected chi connectivity index (χ2v) is 4.10. The molecule has 0 amide bonds. The monoisotopic (exact) mass is 219 g/mol. The van der Waals surface area contributed by atoms with Crippen molar-refractivity contribution in [2.75, 3.05) is 13.1 Å². The first-order chi connectivity index (χ1) is 6.63. The number of halogens is 1. The van der Waals surface area contributed by atoms with Crippen LogP contribution in [-0.2, 0) is 4.79 Å². The minimum Gasteiger partial charge on any atom is -0.293 e. The fraction of sp³-hybridized carbons (Fsp3) is 0.909. The third-order valence-corrected chi connectivity index (χ3v) is 2.79. The lowest BCUT2D eigenvalue weighted by molar-refractivity contribution is -0.116. The maximum atomic E-state index is 11.0. The summed E-state index contributed by atoms with van der Waals surface area (Å²) in [4.78, 5) is 13.2. The van der Waals surface area contributed by atoms with Crippen molar-refractivity contribution in [1.29, 1.82) is 0 Å². The van der Waals surface area contributed by atoms with E-state index in [4.69, 9.17) is 11.6 Å². The van der Waals surface area contributed by atoms with Crippen LogP contribution in [0.25, 0.3) is 0 Å². The lowest BCUT2D eigenvalue weighted by Gasteiger charge is -2.26. The number of carbonyl (C=O) groups excluding carboxylic acids is 1. The van der Waals surface area contributed by atoms with Crippen LogP contribution in [0.3, 0.4) is 0 Å². The fourth-order valence-corrected chi connectivity index (χ4v) is 1.50. The van der Waals surface area contributed by atoms with Gasteiger partial charge in [-0.15, -0.1) is 0 Å². The Morgan fingerprint density at radius 2 is 1.64 bits per heavy atom. The van der Waals surface area contributed by atoms with Crippen LogP contribution in [0.1, 0.15) is 46.5 Å². The molecule has 0 saturated heterocycles. The van der Waals surface area contributed by atoms with Gasteiger partial charge in [0.2, 0.25) is 5.24 Å². The smallest absolute Gasteiger partial charge is 0.238 e. The first-order valence-corrected chi connectivity index (χ1v) is 5.94. The molecule has 84 valence electrons. The Balaban J connectivity index is 4.01. The minimum atomic E-state index is -0.239. The molecule has 1 unspecified atom stereocenters. The van der Waals surface area contributed by atoms with Gasteiger partial charge in [0, 0.05) is 0 Å². The SMILES string of the molecule is CCCCN(CCCC)C(C)C(=O)Cl. The van der Waals surface area contributed by atoms with E-state index in [2.05, 4.69) is 18.7 Å². The lowest BCUT2D eigenvalue weighted by Crippen LogP contribution is -2.38. The first-order valence-electron chi connectivity index (χ1n) is 5.56. The molecule has 0 bridgehead atoms. The lowest BCUT2D eigenvalue weighted by atomic mass is 10.2. The van der Waals surface area contributed by atoms with Gasteiger partial charge in [-0.1, -0.05) is 26.7 Å². The third-order valence-electron chi connectivity index (χ3n) is 2.47. The van der Waals surface area contributed by atoms with Gasteiger partial charge >= 0.3 is 0 Å². The Morgan fingerprint density at radius 1 is 1.21 bits per heavy atom. The number of hydrogen-bond donors (Lipinski definition) is 0. The molecule has 3 heteroatoms. The molecule has 0 radical (unpaired) electrons. The van der Waals surface area contributed by atoms with Gasteiger partial charge in [0.25, 0.3) is 0 Å². The van der Waals surface area contributed by atoms with Crippen LogP contribution in [-0.4, -0.2) is 29.3 Å². The van der Waals surface area contributed by atoms with Crippen molar-refractivity contribution in [3.8, 4) is 0 Å². The van der Waals surface area contributed by atoms with Gasteiger partial charge in [-0.25, -0.2) is 0 Å². The summed E-state index contributed by atoms with van der Waals surface area (Å²) in [6.07, 6.45) is 4.59. The third kappa shape index (κ3) is 5.61. The van der Waals surface area contributed by atoms with Gasteiger partial charge in [0.15, 0.2) is 0 Å². The topological polar surface area (TPSA) is 20.3 Å². The van der Waals surface area contributed by atoms with Crippen LogP contribution >= 0.6 is 11.6 Å². The zero-order valence-corrected chi connectivity index (χ0v) is 10.3. The molecule has 0 rings (SSSR count). The zero-order valence-electron chi connectivity index (χ0n) is 9.55. The molecule has 0 aliphatic heterocycles. The maximum absolute atomic E-state index is 11.0. The molecule has 14 heavy (non-hydrogen) atoms. The van der Waals surface area contributed by atoms with Crippen molar-refractivity contribution in [3.63, 3.8) is 0 Å². The summed E-state index contributed by atoms with van der Waals surface area (Å²) < 4.78 is 0. The quantitative estimate of drug-likeness (QED) is 0.585. The van der Waals surface area contributed by atoms with Crippen LogP contribution < -0.4 is 0 Å². The average molecular weight is 220 g/mol. The number of nitrogens with zero attached hydrogens (tertiary/aromatic N) is 1. The zero-order chi connectivity index (χ0) is 11.0.